The maximum absolute atomic E-state index is 10.1. The minimum Gasteiger partial charge on any atom is -0.508 e. The molecule has 0 spiro atoms. The highest BCUT2D eigenvalue weighted by Gasteiger charge is 2.06. The van der Waals surface area contributed by atoms with Crippen LogP contribution in [-0.4, -0.2) is 41.0 Å². The average molecular weight is 478 g/mol. The fourth-order valence-corrected chi connectivity index (χ4v) is 3.83. The van der Waals surface area contributed by atoms with Crippen molar-refractivity contribution in [3.05, 3.63) is 90.3 Å². The molecule has 178 valence electrons. The van der Waals surface area contributed by atoms with E-state index in [4.69, 9.17) is 4.74 Å². The van der Waals surface area contributed by atoms with Gasteiger partial charge in [-0.1, -0.05) is 30.9 Å². The van der Waals surface area contributed by atoms with Crippen molar-refractivity contribution < 1.29 is 14.9 Å². The summed E-state index contributed by atoms with van der Waals surface area (Å²) >= 11 is 1.52. The zero-order chi connectivity index (χ0) is 24.2. The van der Waals surface area contributed by atoms with Crippen LogP contribution in [0.15, 0.2) is 78.3 Å². The van der Waals surface area contributed by atoms with Crippen molar-refractivity contribution in [2.75, 3.05) is 24.4 Å². The molecule has 0 saturated heterocycles. The Morgan fingerprint density at radius 3 is 2.62 bits per heavy atom. The number of aromatic hydroxyl groups is 1. The first-order valence-corrected chi connectivity index (χ1v) is 12.0. The first kappa shape index (κ1) is 25.4. The van der Waals surface area contributed by atoms with Gasteiger partial charge in [0.1, 0.15) is 24.2 Å². The lowest BCUT2D eigenvalue weighted by Gasteiger charge is -2.13. The lowest BCUT2D eigenvalue weighted by atomic mass is 10.1. The molecule has 1 atom stereocenters. The number of nitrogens with zero attached hydrogens (tertiary/aromatic N) is 1. The summed E-state index contributed by atoms with van der Waals surface area (Å²) in [4.78, 5) is 5.48. The van der Waals surface area contributed by atoms with Gasteiger partial charge in [-0.3, -0.25) is 4.98 Å². The van der Waals surface area contributed by atoms with Gasteiger partial charge in [0.05, 0.1) is 5.69 Å². The molecule has 0 bridgehead atoms. The second-order valence-electron chi connectivity index (χ2n) is 7.66. The molecule has 34 heavy (non-hydrogen) atoms. The number of hydrogen-bond acceptors (Lipinski definition) is 7. The Hall–Kier alpha value is -3.26. The van der Waals surface area contributed by atoms with E-state index in [1.807, 2.05) is 25.3 Å². The number of rotatable bonds is 13. The summed E-state index contributed by atoms with van der Waals surface area (Å²) in [6.45, 7) is 7.19. The molecule has 0 fully saturated rings. The van der Waals surface area contributed by atoms with E-state index >= 15 is 0 Å². The number of aliphatic hydroxyl groups excluding tert-OH is 1. The average Bonchev–Trinajstić information content (AvgIpc) is 2.86. The van der Waals surface area contributed by atoms with Crippen LogP contribution in [-0.2, 0) is 6.42 Å². The molecule has 0 aliphatic carbocycles. The zero-order valence-corrected chi connectivity index (χ0v) is 20.1. The number of nitrogens with one attached hydrogen (secondary N) is 2. The molecule has 4 N–H and O–H groups in total. The first-order valence-electron chi connectivity index (χ1n) is 11.1. The quantitative estimate of drug-likeness (QED) is 0.200. The summed E-state index contributed by atoms with van der Waals surface area (Å²) in [5.74, 6) is 0.804. The van der Waals surface area contributed by atoms with Gasteiger partial charge in [-0.15, -0.1) is 0 Å². The number of allylic oxidation sites excluding steroid dienone is 1. The summed E-state index contributed by atoms with van der Waals surface area (Å²) in [5, 5.41) is 22.6. The summed E-state index contributed by atoms with van der Waals surface area (Å²) in [6, 6.07) is 16.8. The highest BCUT2D eigenvalue weighted by molar-refractivity contribution is 8.00. The normalized spacial score (nSPS) is 11.9. The van der Waals surface area contributed by atoms with Gasteiger partial charge in [0.15, 0.2) is 0 Å². The number of aliphatic hydroxyl groups is 1. The van der Waals surface area contributed by atoms with E-state index in [2.05, 4.69) is 51.9 Å². The Balaban J connectivity index is 1.36. The number of pyridine rings is 1. The summed E-state index contributed by atoms with van der Waals surface area (Å²) < 4.78 is 8.87. The molecule has 2 aromatic carbocycles. The molecule has 1 heterocycles. The largest absolute Gasteiger partial charge is 0.508 e. The molecule has 0 aliphatic rings. The van der Waals surface area contributed by atoms with Gasteiger partial charge in [0.25, 0.3) is 0 Å². The van der Waals surface area contributed by atoms with E-state index in [9.17, 15) is 10.2 Å². The van der Waals surface area contributed by atoms with E-state index < -0.39 is 6.10 Å². The Labute approximate surface area is 205 Å². The molecule has 0 aliphatic heterocycles. The number of ether oxygens (including phenoxy) is 1. The van der Waals surface area contributed by atoms with Gasteiger partial charge in [0, 0.05) is 28.9 Å². The second-order valence-corrected chi connectivity index (χ2v) is 8.54. The third-order valence-corrected chi connectivity index (χ3v) is 5.75. The fourth-order valence-electron chi connectivity index (χ4n) is 3.16. The van der Waals surface area contributed by atoms with Gasteiger partial charge in [-0.2, -0.15) is 0 Å². The molecule has 6 nitrogen and oxygen atoms in total. The Bertz CT molecular complexity index is 1070. The Morgan fingerprint density at radius 1 is 1.15 bits per heavy atom. The molecule has 7 heteroatoms. The number of hydrogen-bond donors (Lipinski definition) is 4. The van der Waals surface area contributed by atoms with Gasteiger partial charge in [-0.05, 0) is 85.9 Å². The highest BCUT2D eigenvalue weighted by atomic mass is 32.2. The first-order chi connectivity index (χ1) is 16.6. The fraction of sp³-hybridized carbons (Fsp3) is 0.222. The number of benzene rings is 2. The van der Waals surface area contributed by atoms with Gasteiger partial charge >= 0.3 is 0 Å². The Morgan fingerprint density at radius 2 is 1.91 bits per heavy atom. The molecule has 3 aromatic rings. The summed E-state index contributed by atoms with van der Waals surface area (Å²) in [6.07, 6.45) is 7.87. The number of aromatic nitrogens is 1. The molecule has 0 amide bonds. The third-order valence-electron chi connectivity index (χ3n) is 4.95. The molecule has 1 aromatic heterocycles. The lowest BCUT2D eigenvalue weighted by Crippen LogP contribution is -2.32. The van der Waals surface area contributed by atoms with Crippen molar-refractivity contribution in [1.29, 1.82) is 0 Å². The molecule has 0 saturated carbocycles. The maximum Gasteiger partial charge on any atom is 0.119 e. The van der Waals surface area contributed by atoms with Crippen LogP contribution in [0.25, 0.3) is 12.2 Å². The van der Waals surface area contributed by atoms with Crippen molar-refractivity contribution in [3.63, 3.8) is 0 Å². The van der Waals surface area contributed by atoms with Crippen molar-refractivity contribution in [2.24, 2.45) is 0 Å². The van der Waals surface area contributed by atoms with E-state index in [0.717, 1.165) is 34.8 Å². The van der Waals surface area contributed by atoms with Crippen molar-refractivity contribution in [2.45, 2.75) is 24.3 Å². The summed E-state index contributed by atoms with van der Waals surface area (Å²) in [5.41, 5.74) is 4.15. The van der Waals surface area contributed by atoms with Gasteiger partial charge < -0.3 is 25.0 Å². The van der Waals surface area contributed by atoms with Crippen LogP contribution in [0.5, 0.6) is 11.5 Å². The topological polar surface area (TPSA) is 86.6 Å². The predicted molar refractivity (Wildman–Crippen MR) is 141 cm³/mol. The standard InChI is InChI=1S/C27H31N3O3S/c1-3-5-21-16-26(18-29-27(21)4-2)34-30-22-8-6-20(7-9-22)14-15-28-17-24(32)19-33-25-12-10-23(31)11-13-25/h3-13,16,18,24,28,30-32H,2,14-15,17,19H2,1H3/b5-3-. The van der Waals surface area contributed by atoms with Crippen molar-refractivity contribution in [3.8, 4) is 11.5 Å². The van der Waals surface area contributed by atoms with Crippen LogP contribution in [0.4, 0.5) is 5.69 Å². The van der Waals surface area contributed by atoms with Crippen LogP contribution >= 0.6 is 11.9 Å². The van der Waals surface area contributed by atoms with Crippen LogP contribution in [0.2, 0.25) is 0 Å². The van der Waals surface area contributed by atoms with E-state index in [1.54, 1.807) is 30.3 Å². The molecule has 0 radical (unpaired) electrons. The molecular formula is C27H31N3O3S. The number of phenols is 1. The van der Waals surface area contributed by atoms with Crippen molar-refractivity contribution in [1.82, 2.24) is 10.3 Å². The van der Waals surface area contributed by atoms with Crippen LogP contribution in [0.3, 0.4) is 0 Å². The maximum atomic E-state index is 10.1. The monoisotopic (exact) mass is 477 g/mol. The van der Waals surface area contributed by atoms with Gasteiger partial charge in [-0.25, -0.2) is 0 Å². The lowest BCUT2D eigenvalue weighted by molar-refractivity contribution is 0.106. The highest BCUT2D eigenvalue weighted by Crippen LogP contribution is 2.24. The number of anilines is 1. The van der Waals surface area contributed by atoms with E-state index in [-0.39, 0.29) is 12.4 Å². The zero-order valence-electron chi connectivity index (χ0n) is 19.3. The molecular weight excluding hydrogens is 446 g/mol. The van der Waals surface area contributed by atoms with E-state index in [1.165, 1.54) is 17.5 Å². The second kappa shape index (κ2) is 13.4. The van der Waals surface area contributed by atoms with Crippen molar-refractivity contribution >= 4 is 29.8 Å². The van der Waals surface area contributed by atoms with E-state index in [0.29, 0.717) is 12.3 Å². The van der Waals surface area contributed by atoms with Crippen LogP contribution < -0.4 is 14.8 Å². The smallest absolute Gasteiger partial charge is 0.119 e. The minimum absolute atomic E-state index is 0.187. The number of phenolic OH excluding ortho intramolecular Hbond substituents is 1. The summed E-state index contributed by atoms with van der Waals surface area (Å²) in [7, 11) is 0. The minimum atomic E-state index is -0.610. The predicted octanol–water partition coefficient (Wildman–Crippen LogP) is 5.15. The Kier molecular flexibility index (Phi) is 10.0. The molecule has 3 rings (SSSR count). The van der Waals surface area contributed by atoms with Gasteiger partial charge in [0.2, 0.25) is 0 Å². The third kappa shape index (κ3) is 8.26. The SMILES string of the molecule is C=Cc1ncc(SNc2ccc(CCNCC(O)COc3ccc(O)cc3)cc2)cc1/C=C\C. The van der Waals surface area contributed by atoms with Crippen LogP contribution in [0, 0.1) is 0 Å². The van der Waals surface area contributed by atoms with Crippen LogP contribution in [0.1, 0.15) is 23.7 Å². The molecule has 1 unspecified atom stereocenters.